The van der Waals surface area contributed by atoms with Crippen molar-refractivity contribution in [2.24, 2.45) is 17.6 Å². The van der Waals surface area contributed by atoms with Crippen molar-refractivity contribution in [1.82, 2.24) is 4.90 Å². The predicted molar refractivity (Wildman–Crippen MR) is 65.5 cm³/mol. The lowest BCUT2D eigenvalue weighted by molar-refractivity contribution is -0.132. The number of piperidine rings is 1. The molecule has 0 radical (unpaired) electrons. The lowest BCUT2D eigenvalue weighted by atomic mass is 9.98. The quantitative estimate of drug-likeness (QED) is 0.746. The number of carbonyl (C=O) groups is 1. The molecule has 86 valence electrons. The third-order valence-electron chi connectivity index (χ3n) is 3.10. The van der Waals surface area contributed by atoms with E-state index in [0.717, 1.165) is 31.8 Å². The second kappa shape index (κ2) is 5.45. The van der Waals surface area contributed by atoms with Crippen LogP contribution in [-0.2, 0) is 4.79 Å². The highest BCUT2D eigenvalue weighted by molar-refractivity contribution is 7.80. The van der Waals surface area contributed by atoms with Gasteiger partial charge in [-0.05, 0) is 18.8 Å². The van der Waals surface area contributed by atoms with Gasteiger partial charge >= 0.3 is 0 Å². The van der Waals surface area contributed by atoms with Crippen LogP contribution in [0.3, 0.4) is 0 Å². The van der Waals surface area contributed by atoms with E-state index in [2.05, 4.69) is 6.92 Å². The molecule has 15 heavy (non-hydrogen) atoms. The number of thiocarbonyl (C=S) groups is 1. The molecule has 2 N–H and O–H groups in total. The molecule has 0 aromatic carbocycles. The van der Waals surface area contributed by atoms with E-state index in [1.165, 1.54) is 0 Å². The molecule has 1 rings (SSSR count). The van der Waals surface area contributed by atoms with Gasteiger partial charge < -0.3 is 10.6 Å². The molecule has 0 spiro atoms. The number of rotatable bonds is 3. The van der Waals surface area contributed by atoms with E-state index < -0.39 is 0 Å². The van der Waals surface area contributed by atoms with Crippen molar-refractivity contribution < 1.29 is 4.79 Å². The normalized spacial score (nSPS) is 20.0. The smallest absolute Gasteiger partial charge is 0.223 e. The molecule has 1 unspecified atom stereocenters. The van der Waals surface area contributed by atoms with Crippen molar-refractivity contribution >= 4 is 23.1 Å². The molecule has 0 aromatic heterocycles. The van der Waals surface area contributed by atoms with Gasteiger partial charge in [0.15, 0.2) is 0 Å². The molecule has 1 heterocycles. The summed E-state index contributed by atoms with van der Waals surface area (Å²) in [5.41, 5.74) is 5.50. The van der Waals surface area contributed by atoms with E-state index in [1.807, 2.05) is 11.8 Å². The number of hydrogen-bond acceptors (Lipinski definition) is 2. The Labute approximate surface area is 97.0 Å². The molecule has 3 nitrogen and oxygen atoms in total. The van der Waals surface area contributed by atoms with Gasteiger partial charge in [0.05, 0.1) is 4.99 Å². The summed E-state index contributed by atoms with van der Waals surface area (Å²) in [6, 6.07) is 0. The highest BCUT2D eigenvalue weighted by Gasteiger charge is 2.22. The standard InChI is InChI=1S/C11H20N2OS/c1-8-3-5-13(6-4-8)10(14)7-9(2)11(12)15/h8-9H,3-7H2,1-2H3,(H2,12,15). The first-order valence-corrected chi connectivity index (χ1v) is 5.98. The van der Waals surface area contributed by atoms with Gasteiger partial charge in [-0.15, -0.1) is 0 Å². The first-order valence-electron chi connectivity index (χ1n) is 5.57. The van der Waals surface area contributed by atoms with Gasteiger partial charge in [-0.1, -0.05) is 26.1 Å². The van der Waals surface area contributed by atoms with Crippen molar-refractivity contribution in [2.75, 3.05) is 13.1 Å². The fraction of sp³-hybridized carbons (Fsp3) is 0.818. The number of nitrogens with zero attached hydrogens (tertiary/aromatic N) is 1. The minimum atomic E-state index is 0.0202. The van der Waals surface area contributed by atoms with E-state index in [1.54, 1.807) is 0 Å². The van der Waals surface area contributed by atoms with Crippen LogP contribution in [0.15, 0.2) is 0 Å². The monoisotopic (exact) mass is 228 g/mol. The van der Waals surface area contributed by atoms with E-state index >= 15 is 0 Å². The maximum atomic E-state index is 11.8. The summed E-state index contributed by atoms with van der Waals surface area (Å²) in [6.07, 6.45) is 2.70. The Balaban J connectivity index is 2.37. The maximum Gasteiger partial charge on any atom is 0.223 e. The highest BCUT2D eigenvalue weighted by Crippen LogP contribution is 2.17. The summed E-state index contributed by atoms with van der Waals surface area (Å²) in [4.78, 5) is 14.2. The summed E-state index contributed by atoms with van der Waals surface area (Å²) < 4.78 is 0. The van der Waals surface area contributed by atoms with Crippen LogP contribution in [-0.4, -0.2) is 28.9 Å². The third kappa shape index (κ3) is 3.78. The molecule has 1 fully saturated rings. The molecule has 0 bridgehead atoms. The van der Waals surface area contributed by atoms with Crippen LogP contribution in [0.2, 0.25) is 0 Å². The van der Waals surface area contributed by atoms with Crippen LogP contribution < -0.4 is 5.73 Å². The average Bonchev–Trinajstić information content (AvgIpc) is 2.18. The van der Waals surface area contributed by atoms with Crippen LogP contribution in [0, 0.1) is 11.8 Å². The van der Waals surface area contributed by atoms with Crippen molar-refractivity contribution in [3.8, 4) is 0 Å². The first-order chi connectivity index (χ1) is 7.00. The first kappa shape index (κ1) is 12.4. The Kier molecular flexibility index (Phi) is 4.51. The zero-order chi connectivity index (χ0) is 11.4. The summed E-state index contributed by atoms with van der Waals surface area (Å²) in [5.74, 6) is 0.969. The minimum absolute atomic E-state index is 0.0202. The van der Waals surface area contributed by atoms with Crippen molar-refractivity contribution in [1.29, 1.82) is 0 Å². The van der Waals surface area contributed by atoms with Crippen molar-refractivity contribution in [2.45, 2.75) is 33.1 Å². The second-order valence-corrected chi connectivity index (χ2v) is 5.04. The fourth-order valence-electron chi connectivity index (χ4n) is 1.75. The largest absolute Gasteiger partial charge is 0.393 e. The Morgan fingerprint density at radius 3 is 2.53 bits per heavy atom. The lowest BCUT2D eigenvalue weighted by Crippen LogP contribution is -2.39. The Morgan fingerprint density at radius 2 is 2.07 bits per heavy atom. The van der Waals surface area contributed by atoms with Gasteiger partial charge in [0.25, 0.3) is 0 Å². The van der Waals surface area contributed by atoms with Gasteiger partial charge in [0.2, 0.25) is 5.91 Å². The van der Waals surface area contributed by atoms with Crippen LogP contribution in [0.1, 0.15) is 33.1 Å². The van der Waals surface area contributed by atoms with Crippen LogP contribution >= 0.6 is 12.2 Å². The van der Waals surface area contributed by atoms with Crippen LogP contribution in [0.25, 0.3) is 0 Å². The van der Waals surface area contributed by atoms with Crippen molar-refractivity contribution in [3.05, 3.63) is 0 Å². The molecule has 0 aromatic rings. The molecule has 0 aliphatic carbocycles. The fourth-order valence-corrected chi connectivity index (χ4v) is 1.83. The zero-order valence-corrected chi connectivity index (χ0v) is 10.3. The number of carbonyl (C=O) groups excluding carboxylic acids is 1. The SMILES string of the molecule is CC1CCN(C(=O)CC(C)C(N)=S)CC1. The molecule has 1 aliphatic rings. The average molecular weight is 228 g/mol. The number of nitrogens with two attached hydrogens (primary N) is 1. The number of hydrogen-bond donors (Lipinski definition) is 1. The van der Waals surface area contributed by atoms with Crippen LogP contribution in [0.5, 0.6) is 0 Å². The Hall–Kier alpha value is -0.640. The highest BCUT2D eigenvalue weighted by atomic mass is 32.1. The van der Waals surface area contributed by atoms with Gasteiger partial charge in [0, 0.05) is 25.4 Å². The molecular weight excluding hydrogens is 208 g/mol. The molecule has 1 aliphatic heterocycles. The zero-order valence-electron chi connectivity index (χ0n) is 9.53. The topological polar surface area (TPSA) is 46.3 Å². The lowest BCUT2D eigenvalue weighted by Gasteiger charge is -2.31. The molecule has 0 saturated carbocycles. The summed E-state index contributed by atoms with van der Waals surface area (Å²) in [6.45, 7) is 5.93. The van der Waals surface area contributed by atoms with Gasteiger partial charge in [-0.3, -0.25) is 4.79 Å². The van der Waals surface area contributed by atoms with Gasteiger partial charge in [0.1, 0.15) is 0 Å². The minimum Gasteiger partial charge on any atom is -0.393 e. The molecule has 1 amide bonds. The van der Waals surface area contributed by atoms with Crippen molar-refractivity contribution in [3.63, 3.8) is 0 Å². The molecule has 1 atom stereocenters. The van der Waals surface area contributed by atoms with Crippen LogP contribution in [0.4, 0.5) is 0 Å². The number of likely N-dealkylation sites (tertiary alicyclic amines) is 1. The summed E-state index contributed by atoms with van der Waals surface area (Å²) in [7, 11) is 0. The van der Waals surface area contributed by atoms with Gasteiger partial charge in [-0.2, -0.15) is 0 Å². The predicted octanol–water partition coefficient (Wildman–Crippen LogP) is 1.56. The Bertz CT molecular complexity index is 247. The summed E-state index contributed by atoms with van der Waals surface area (Å²) in [5, 5.41) is 0. The maximum absolute atomic E-state index is 11.8. The molecule has 1 saturated heterocycles. The van der Waals surface area contributed by atoms with E-state index in [0.29, 0.717) is 11.4 Å². The van der Waals surface area contributed by atoms with E-state index in [4.69, 9.17) is 18.0 Å². The molecule has 4 heteroatoms. The Morgan fingerprint density at radius 1 is 1.53 bits per heavy atom. The van der Waals surface area contributed by atoms with Gasteiger partial charge in [-0.25, -0.2) is 0 Å². The summed E-state index contributed by atoms with van der Waals surface area (Å²) >= 11 is 4.86. The van der Waals surface area contributed by atoms with E-state index in [-0.39, 0.29) is 11.8 Å². The second-order valence-electron chi connectivity index (χ2n) is 4.57. The van der Waals surface area contributed by atoms with E-state index in [9.17, 15) is 4.79 Å². The molecular formula is C11H20N2OS. The third-order valence-corrected chi connectivity index (χ3v) is 3.51. The number of amides is 1.